The van der Waals surface area contributed by atoms with Crippen LogP contribution in [0.5, 0.6) is 0 Å². The third kappa shape index (κ3) is 3.72. The molecule has 0 bridgehead atoms. The number of halogens is 3. The fourth-order valence-electron chi connectivity index (χ4n) is 3.65. The highest BCUT2D eigenvalue weighted by Gasteiger charge is 2.39. The van der Waals surface area contributed by atoms with Crippen molar-refractivity contribution >= 4 is 0 Å². The SMILES string of the molecule is FC(F)(F)c1cccc(-c2ccc(C3CC3NC3CCNC3)cc2)c1. The van der Waals surface area contributed by atoms with Crippen molar-refractivity contribution in [1.29, 1.82) is 0 Å². The van der Waals surface area contributed by atoms with Crippen molar-refractivity contribution in [2.45, 2.75) is 37.0 Å². The van der Waals surface area contributed by atoms with E-state index >= 15 is 0 Å². The predicted molar refractivity (Wildman–Crippen MR) is 92.4 cm³/mol. The number of benzene rings is 2. The van der Waals surface area contributed by atoms with Gasteiger partial charge in [0.25, 0.3) is 0 Å². The molecule has 2 nitrogen and oxygen atoms in total. The average molecular weight is 346 g/mol. The number of rotatable bonds is 4. The number of hydrogen-bond donors (Lipinski definition) is 2. The minimum absolute atomic E-state index is 0.524. The minimum atomic E-state index is -4.31. The topological polar surface area (TPSA) is 24.1 Å². The van der Waals surface area contributed by atoms with Crippen LogP contribution in [-0.2, 0) is 6.18 Å². The summed E-state index contributed by atoms with van der Waals surface area (Å²) < 4.78 is 38.6. The van der Waals surface area contributed by atoms with Gasteiger partial charge in [0.15, 0.2) is 0 Å². The quantitative estimate of drug-likeness (QED) is 0.868. The number of hydrogen-bond acceptors (Lipinski definition) is 2. The van der Waals surface area contributed by atoms with E-state index in [9.17, 15) is 13.2 Å². The third-order valence-corrected chi connectivity index (χ3v) is 5.16. The summed E-state index contributed by atoms with van der Waals surface area (Å²) in [5.41, 5.74) is 2.08. The Kier molecular flexibility index (Phi) is 4.29. The van der Waals surface area contributed by atoms with Gasteiger partial charge in [-0.15, -0.1) is 0 Å². The smallest absolute Gasteiger partial charge is 0.315 e. The van der Waals surface area contributed by atoms with Gasteiger partial charge < -0.3 is 10.6 Å². The van der Waals surface area contributed by atoms with Gasteiger partial charge in [-0.1, -0.05) is 36.4 Å². The van der Waals surface area contributed by atoms with Crippen molar-refractivity contribution in [2.24, 2.45) is 0 Å². The molecule has 1 aliphatic carbocycles. The van der Waals surface area contributed by atoms with Gasteiger partial charge in [0.1, 0.15) is 0 Å². The molecular formula is C20H21F3N2. The van der Waals surface area contributed by atoms with Gasteiger partial charge in [-0.05, 0) is 48.2 Å². The van der Waals surface area contributed by atoms with E-state index in [0.717, 1.165) is 31.1 Å². The second kappa shape index (κ2) is 6.46. The molecule has 2 fully saturated rings. The van der Waals surface area contributed by atoms with Crippen LogP contribution < -0.4 is 10.6 Å². The molecule has 1 saturated carbocycles. The second-order valence-electron chi connectivity index (χ2n) is 7.01. The molecule has 25 heavy (non-hydrogen) atoms. The molecule has 4 rings (SSSR count). The van der Waals surface area contributed by atoms with Crippen molar-refractivity contribution in [1.82, 2.24) is 10.6 Å². The molecule has 3 atom stereocenters. The van der Waals surface area contributed by atoms with E-state index in [0.29, 0.717) is 23.6 Å². The van der Waals surface area contributed by atoms with E-state index < -0.39 is 11.7 Å². The van der Waals surface area contributed by atoms with Crippen molar-refractivity contribution in [3.8, 4) is 11.1 Å². The summed E-state index contributed by atoms with van der Waals surface area (Å²) >= 11 is 0. The van der Waals surface area contributed by atoms with Crippen LogP contribution in [0.25, 0.3) is 11.1 Å². The molecular weight excluding hydrogens is 325 g/mol. The minimum Gasteiger partial charge on any atom is -0.315 e. The lowest BCUT2D eigenvalue weighted by atomic mass is 10.0. The van der Waals surface area contributed by atoms with Crippen LogP contribution in [0.4, 0.5) is 13.2 Å². The first kappa shape index (κ1) is 16.6. The van der Waals surface area contributed by atoms with E-state index in [1.807, 2.05) is 12.1 Å². The van der Waals surface area contributed by atoms with Gasteiger partial charge in [0.2, 0.25) is 0 Å². The Bertz CT molecular complexity index is 733. The lowest BCUT2D eigenvalue weighted by molar-refractivity contribution is -0.137. The molecule has 0 radical (unpaired) electrons. The van der Waals surface area contributed by atoms with Crippen LogP contribution in [0.1, 0.15) is 29.9 Å². The fourth-order valence-corrected chi connectivity index (χ4v) is 3.65. The van der Waals surface area contributed by atoms with Crippen LogP contribution >= 0.6 is 0 Å². The Hall–Kier alpha value is -1.85. The zero-order valence-electron chi connectivity index (χ0n) is 13.8. The summed E-state index contributed by atoms with van der Waals surface area (Å²) in [4.78, 5) is 0. The molecule has 0 spiro atoms. The summed E-state index contributed by atoms with van der Waals surface area (Å²) in [6.07, 6.45) is -1.99. The number of nitrogens with one attached hydrogen (secondary N) is 2. The van der Waals surface area contributed by atoms with E-state index in [2.05, 4.69) is 22.8 Å². The van der Waals surface area contributed by atoms with Gasteiger partial charge >= 0.3 is 6.18 Å². The lowest BCUT2D eigenvalue weighted by Crippen LogP contribution is -2.33. The highest BCUT2D eigenvalue weighted by molar-refractivity contribution is 5.65. The highest BCUT2D eigenvalue weighted by Crippen LogP contribution is 2.42. The summed E-state index contributed by atoms with van der Waals surface area (Å²) in [6.45, 7) is 2.12. The van der Waals surface area contributed by atoms with Crippen LogP contribution in [0.2, 0.25) is 0 Å². The molecule has 1 saturated heterocycles. The van der Waals surface area contributed by atoms with Gasteiger partial charge in [0, 0.05) is 24.5 Å². The monoisotopic (exact) mass is 346 g/mol. The van der Waals surface area contributed by atoms with Gasteiger partial charge in [-0.2, -0.15) is 13.2 Å². The van der Waals surface area contributed by atoms with Gasteiger partial charge in [-0.25, -0.2) is 0 Å². The summed E-state index contributed by atoms with van der Waals surface area (Å²) in [6, 6.07) is 14.6. The molecule has 2 aromatic rings. The van der Waals surface area contributed by atoms with Crippen LogP contribution in [0, 0.1) is 0 Å². The Morgan fingerprint density at radius 3 is 2.48 bits per heavy atom. The lowest BCUT2D eigenvalue weighted by Gasteiger charge is -2.11. The fraction of sp³-hybridized carbons (Fsp3) is 0.400. The molecule has 3 unspecified atom stereocenters. The first-order valence-corrected chi connectivity index (χ1v) is 8.75. The Morgan fingerprint density at radius 2 is 1.80 bits per heavy atom. The first-order valence-electron chi connectivity index (χ1n) is 8.75. The van der Waals surface area contributed by atoms with Gasteiger partial charge in [-0.3, -0.25) is 0 Å². The molecule has 1 aliphatic heterocycles. The van der Waals surface area contributed by atoms with E-state index in [1.165, 1.54) is 24.1 Å². The van der Waals surface area contributed by atoms with Crippen LogP contribution in [0.15, 0.2) is 48.5 Å². The van der Waals surface area contributed by atoms with Crippen LogP contribution in [0.3, 0.4) is 0 Å². The van der Waals surface area contributed by atoms with E-state index in [4.69, 9.17) is 0 Å². The molecule has 5 heteroatoms. The third-order valence-electron chi connectivity index (χ3n) is 5.16. The van der Waals surface area contributed by atoms with Crippen molar-refractivity contribution in [3.63, 3.8) is 0 Å². The summed E-state index contributed by atoms with van der Waals surface area (Å²) in [7, 11) is 0. The Morgan fingerprint density at radius 1 is 1.00 bits per heavy atom. The average Bonchev–Trinajstić information content (AvgIpc) is 3.17. The standard InChI is InChI=1S/C20H21F3N2/c21-20(22,23)16-3-1-2-15(10-16)13-4-6-14(7-5-13)18-11-19(18)25-17-8-9-24-12-17/h1-7,10,17-19,24-25H,8-9,11-12H2. The molecule has 2 aromatic carbocycles. The highest BCUT2D eigenvalue weighted by atomic mass is 19.4. The van der Waals surface area contributed by atoms with Crippen molar-refractivity contribution < 1.29 is 13.2 Å². The van der Waals surface area contributed by atoms with Gasteiger partial charge in [0.05, 0.1) is 5.56 Å². The van der Waals surface area contributed by atoms with Crippen molar-refractivity contribution in [3.05, 3.63) is 59.7 Å². The Labute approximate surface area is 145 Å². The summed E-state index contributed by atoms with van der Waals surface area (Å²) in [5, 5.41) is 7.04. The molecule has 0 amide bonds. The Balaban J connectivity index is 1.44. The maximum Gasteiger partial charge on any atom is 0.416 e. The zero-order valence-corrected chi connectivity index (χ0v) is 13.8. The maximum atomic E-state index is 12.9. The molecule has 2 aliphatic rings. The normalized spacial score (nSPS) is 26.0. The number of alkyl halides is 3. The molecule has 132 valence electrons. The second-order valence-corrected chi connectivity index (χ2v) is 7.01. The van der Waals surface area contributed by atoms with E-state index in [1.54, 1.807) is 6.07 Å². The largest absolute Gasteiger partial charge is 0.416 e. The van der Waals surface area contributed by atoms with E-state index in [-0.39, 0.29) is 0 Å². The molecule has 1 heterocycles. The predicted octanol–water partition coefficient (Wildman–Crippen LogP) is 4.18. The van der Waals surface area contributed by atoms with Crippen LogP contribution in [-0.4, -0.2) is 25.2 Å². The van der Waals surface area contributed by atoms with Crippen molar-refractivity contribution in [2.75, 3.05) is 13.1 Å². The first-order chi connectivity index (χ1) is 12.0. The molecule has 2 N–H and O–H groups in total. The zero-order chi connectivity index (χ0) is 17.4. The molecule has 0 aromatic heterocycles. The maximum absolute atomic E-state index is 12.9. The summed E-state index contributed by atoms with van der Waals surface area (Å²) in [5.74, 6) is 0.524.